The van der Waals surface area contributed by atoms with Crippen LogP contribution in [0.2, 0.25) is 0 Å². The zero-order valence-electron chi connectivity index (χ0n) is 14.4. The molecule has 3 rings (SSSR count). The fourth-order valence-electron chi connectivity index (χ4n) is 2.40. The Balaban J connectivity index is 1.73. The predicted molar refractivity (Wildman–Crippen MR) is 93.4 cm³/mol. The second-order valence-corrected chi connectivity index (χ2v) is 7.17. The maximum absolute atomic E-state index is 12.6. The lowest BCUT2D eigenvalue weighted by atomic mass is 9.96. The molecule has 0 atom stereocenters. The average Bonchev–Trinajstić information content (AvgIpc) is 2.51. The van der Waals surface area contributed by atoms with E-state index in [-0.39, 0.29) is 17.4 Å². The first-order valence-corrected chi connectivity index (χ1v) is 8.33. The third kappa shape index (κ3) is 3.72. The Morgan fingerprint density at radius 3 is 2.42 bits per heavy atom. The standard InChI is InChI=1S/C19H23N3O2/c1-19(2,3)18-20-11-13(12-21-18)22-17(23)15-9-4-5-10-16(15)24-14-7-6-8-14/h4-5,9-12,14H,6-8H2,1-3H3,(H,22,23). The van der Waals surface area contributed by atoms with E-state index in [2.05, 4.69) is 36.1 Å². The minimum atomic E-state index is -0.211. The molecule has 0 bridgehead atoms. The lowest BCUT2D eigenvalue weighted by Crippen LogP contribution is -2.26. The van der Waals surface area contributed by atoms with Gasteiger partial charge in [0.1, 0.15) is 11.6 Å². The summed E-state index contributed by atoms with van der Waals surface area (Å²) in [4.78, 5) is 21.2. The summed E-state index contributed by atoms with van der Waals surface area (Å²) in [5.74, 6) is 1.16. The van der Waals surface area contributed by atoms with Gasteiger partial charge in [-0.1, -0.05) is 32.9 Å². The van der Waals surface area contributed by atoms with Crippen molar-refractivity contribution in [2.45, 2.75) is 51.6 Å². The molecule has 0 radical (unpaired) electrons. The van der Waals surface area contributed by atoms with Gasteiger partial charge in [-0.05, 0) is 31.4 Å². The molecule has 0 aliphatic heterocycles. The number of hydrogen-bond donors (Lipinski definition) is 1. The molecule has 1 aromatic carbocycles. The molecule has 24 heavy (non-hydrogen) atoms. The third-order valence-electron chi connectivity index (χ3n) is 4.06. The molecule has 1 N–H and O–H groups in total. The first-order valence-electron chi connectivity index (χ1n) is 8.33. The quantitative estimate of drug-likeness (QED) is 0.924. The Kier molecular flexibility index (Phi) is 4.51. The number of nitrogens with one attached hydrogen (secondary N) is 1. The Hall–Kier alpha value is -2.43. The Morgan fingerprint density at radius 1 is 1.17 bits per heavy atom. The highest BCUT2D eigenvalue weighted by atomic mass is 16.5. The summed E-state index contributed by atoms with van der Waals surface area (Å²) >= 11 is 0. The van der Waals surface area contributed by atoms with E-state index in [1.807, 2.05) is 18.2 Å². The summed E-state index contributed by atoms with van der Waals surface area (Å²) < 4.78 is 5.91. The maximum Gasteiger partial charge on any atom is 0.259 e. The van der Waals surface area contributed by atoms with Gasteiger partial charge in [0, 0.05) is 5.41 Å². The molecule has 1 aliphatic carbocycles. The van der Waals surface area contributed by atoms with Crippen LogP contribution in [0.3, 0.4) is 0 Å². The number of benzene rings is 1. The van der Waals surface area contributed by atoms with Crippen LogP contribution in [0, 0.1) is 0 Å². The fraction of sp³-hybridized carbons (Fsp3) is 0.421. The van der Waals surface area contributed by atoms with E-state index in [1.54, 1.807) is 18.5 Å². The normalized spacial score (nSPS) is 14.8. The fourth-order valence-corrected chi connectivity index (χ4v) is 2.40. The van der Waals surface area contributed by atoms with Crippen molar-refractivity contribution in [2.24, 2.45) is 0 Å². The molecular weight excluding hydrogens is 302 g/mol. The number of para-hydroxylation sites is 1. The molecule has 0 spiro atoms. The first kappa shape index (κ1) is 16.4. The molecule has 0 saturated heterocycles. The SMILES string of the molecule is CC(C)(C)c1ncc(NC(=O)c2ccccc2OC2CCC2)cn1. The van der Waals surface area contributed by atoms with Gasteiger partial charge < -0.3 is 10.1 Å². The lowest BCUT2D eigenvalue weighted by Gasteiger charge is -2.27. The van der Waals surface area contributed by atoms with E-state index in [9.17, 15) is 4.79 Å². The molecule has 1 saturated carbocycles. The monoisotopic (exact) mass is 325 g/mol. The van der Waals surface area contributed by atoms with Gasteiger partial charge in [-0.2, -0.15) is 0 Å². The number of carbonyl (C=O) groups excluding carboxylic acids is 1. The number of amides is 1. The van der Waals surface area contributed by atoms with Crippen LogP contribution >= 0.6 is 0 Å². The van der Waals surface area contributed by atoms with Crippen molar-refractivity contribution < 1.29 is 9.53 Å². The number of hydrogen-bond acceptors (Lipinski definition) is 4. The van der Waals surface area contributed by atoms with Crippen molar-refractivity contribution in [3.63, 3.8) is 0 Å². The summed E-state index contributed by atoms with van der Waals surface area (Å²) in [5, 5.41) is 2.84. The number of ether oxygens (including phenoxy) is 1. The van der Waals surface area contributed by atoms with Crippen molar-refractivity contribution in [3.8, 4) is 5.75 Å². The van der Waals surface area contributed by atoms with Gasteiger partial charge in [0.25, 0.3) is 5.91 Å². The van der Waals surface area contributed by atoms with Crippen LogP contribution in [-0.2, 0) is 5.41 Å². The Morgan fingerprint density at radius 2 is 1.83 bits per heavy atom. The van der Waals surface area contributed by atoms with Crippen LogP contribution in [0.1, 0.15) is 56.2 Å². The lowest BCUT2D eigenvalue weighted by molar-refractivity contribution is 0.0992. The molecule has 1 heterocycles. The highest BCUT2D eigenvalue weighted by Gasteiger charge is 2.22. The van der Waals surface area contributed by atoms with Gasteiger partial charge in [-0.25, -0.2) is 9.97 Å². The van der Waals surface area contributed by atoms with Crippen LogP contribution in [-0.4, -0.2) is 22.0 Å². The van der Waals surface area contributed by atoms with Gasteiger partial charge in [0.05, 0.1) is 29.7 Å². The summed E-state index contributed by atoms with van der Waals surface area (Å²) in [7, 11) is 0. The van der Waals surface area contributed by atoms with E-state index < -0.39 is 0 Å². The van der Waals surface area contributed by atoms with Gasteiger partial charge in [-0.3, -0.25) is 4.79 Å². The maximum atomic E-state index is 12.6. The molecule has 5 nitrogen and oxygen atoms in total. The van der Waals surface area contributed by atoms with Gasteiger partial charge in [0.15, 0.2) is 0 Å². The van der Waals surface area contributed by atoms with E-state index in [1.165, 1.54) is 6.42 Å². The van der Waals surface area contributed by atoms with Crippen LogP contribution in [0.5, 0.6) is 5.75 Å². The molecule has 1 aromatic heterocycles. The minimum absolute atomic E-state index is 0.119. The summed E-state index contributed by atoms with van der Waals surface area (Å²) in [6.07, 6.45) is 6.81. The Labute approximate surface area is 142 Å². The van der Waals surface area contributed by atoms with Crippen molar-refractivity contribution in [1.82, 2.24) is 9.97 Å². The highest BCUT2D eigenvalue weighted by molar-refractivity contribution is 6.06. The Bertz CT molecular complexity index is 716. The summed E-state index contributed by atoms with van der Waals surface area (Å²) in [5.41, 5.74) is 0.988. The molecular formula is C19H23N3O2. The molecule has 2 aromatic rings. The highest BCUT2D eigenvalue weighted by Crippen LogP contribution is 2.28. The molecule has 1 fully saturated rings. The smallest absolute Gasteiger partial charge is 0.259 e. The molecule has 1 aliphatic rings. The molecule has 0 unspecified atom stereocenters. The number of carbonyl (C=O) groups is 1. The summed E-state index contributed by atoms with van der Waals surface area (Å²) in [6, 6.07) is 7.33. The minimum Gasteiger partial charge on any atom is -0.490 e. The van der Waals surface area contributed by atoms with Crippen LogP contribution in [0.4, 0.5) is 5.69 Å². The topological polar surface area (TPSA) is 64.1 Å². The van der Waals surface area contributed by atoms with Crippen molar-refractivity contribution >= 4 is 11.6 Å². The number of anilines is 1. The predicted octanol–water partition coefficient (Wildman–Crippen LogP) is 3.96. The van der Waals surface area contributed by atoms with E-state index in [0.717, 1.165) is 18.7 Å². The van der Waals surface area contributed by atoms with Crippen molar-refractivity contribution in [2.75, 3.05) is 5.32 Å². The number of nitrogens with zero attached hydrogens (tertiary/aromatic N) is 2. The third-order valence-corrected chi connectivity index (χ3v) is 4.06. The van der Waals surface area contributed by atoms with Crippen LogP contribution in [0.25, 0.3) is 0 Å². The van der Waals surface area contributed by atoms with Crippen molar-refractivity contribution in [1.29, 1.82) is 0 Å². The number of rotatable bonds is 4. The van der Waals surface area contributed by atoms with Crippen LogP contribution in [0.15, 0.2) is 36.7 Å². The summed E-state index contributed by atoms with van der Waals surface area (Å²) in [6.45, 7) is 6.15. The number of aromatic nitrogens is 2. The molecule has 1 amide bonds. The van der Waals surface area contributed by atoms with E-state index >= 15 is 0 Å². The van der Waals surface area contributed by atoms with Crippen LogP contribution < -0.4 is 10.1 Å². The zero-order chi connectivity index (χ0) is 17.2. The molecule has 126 valence electrons. The second kappa shape index (κ2) is 6.59. The first-order chi connectivity index (χ1) is 11.4. The van der Waals surface area contributed by atoms with Gasteiger partial charge >= 0.3 is 0 Å². The van der Waals surface area contributed by atoms with E-state index in [4.69, 9.17) is 4.74 Å². The van der Waals surface area contributed by atoms with Gasteiger partial charge in [-0.15, -0.1) is 0 Å². The largest absolute Gasteiger partial charge is 0.490 e. The van der Waals surface area contributed by atoms with Gasteiger partial charge in [0.2, 0.25) is 0 Å². The van der Waals surface area contributed by atoms with Crippen molar-refractivity contribution in [3.05, 3.63) is 48.0 Å². The molecule has 5 heteroatoms. The average molecular weight is 325 g/mol. The second-order valence-electron chi connectivity index (χ2n) is 7.17. The zero-order valence-corrected chi connectivity index (χ0v) is 14.4. The van der Waals surface area contributed by atoms with E-state index in [0.29, 0.717) is 17.0 Å².